The number of nitrogens with one attached hydrogen (secondary N) is 1. The Hall–Kier alpha value is -1.32. The van der Waals surface area contributed by atoms with Crippen LogP contribution in [-0.2, 0) is 17.8 Å². The van der Waals surface area contributed by atoms with Crippen molar-refractivity contribution in [2.24, 2.45) is 5.73 Å². The standard InChI is InChI=1S/C12H16N2O/c1-15-8-9-2-3-12-11(6-9)10(4-5-13)7-14-12/h2-3,6-7,14H,4-5,8,13H2,1H3. The highest BCUT2D eigenvalue weighted by atomic mass is 16.5. The van der Waals surface area contributed by atoms with Gasteiger partial charge in [0.2, 0.25) is 0 Å². The lowest BCUT2D eigenvalue weighted by Crippen LogP contribution is -2.01. The molecule has 0 bridgehead atoms. The number of ether oxygens (including phenoxy) is 1. The molecule has 2 aromatic rings. The number of benzene rings is 1. The van der Waals surface area contributed by atoms with Gasteiger partial charge in [0.1, 0.15) is 0 Å². The second kappa shape index (κ2) is 4.47. The van der Waals surface area contributed by atoms with Crippen LogP contribution in [0, 0.1) is 0 Å². The summed E-state index contributed by atoms with van der Waals surface area (Å²) in [6, 6.07) is 6.33. The Morgan fingerprint density at radius 1 is 1.40 bits per heavy atom. The average Bonchev–Trinajstić information content (AvgIpc) is 2.63. The second-order valence-electron chi connectivity index (χ2n) is 3.67. The first-order valence-electron chi connectivity index (χ1n) is 5.13. The zero-order valence-electron chi connectivity index (χ0n) is 8.92. The molecule has 3 heteroatoms. The van der Waals surface area contributed by atoms with Gasteiger partial charge in [0.25, 0.3) is 0 Å². The zero-order chi connectivity index (χ0) is 10.7. The van der Waals surface area contributed by atoms with Crippen molar-refractivity contribution in [2.75, 3.05) is 13.7 Å². The third-order valence-electron chi connectivity index (χ3n) is 2.56. The molecule has 0 saturated carbocycles. The summed E-state index contributed by atoms with van der Waals surface area (Å²) in [4.78, 5) is 3.25. The SMILES string of the molecule is COCc1ccc2[nH]cc(CCN)c2c1. The summed E-state index contributed by atoms with van der Waals surface area (Å²) in [6.07, 6.45) is 2.95. The molecule has 1 aromatic carbocycles. The number of rotatable bonds is 4. The highest BCUT2D eigenvalue weighted by molar-refractivity contribution is 5.83. The maximum absolute atomic E-state index is 5.57. The molecule has 3 N–H and O–H groups in total. The topological polar surface area (TPSA) is 51.0 Å². The summed E-state index contributed by atoms with van der Waals surface area (Å²) in [5.41, 5.74) is 9.21. The summed E-state index contributed by atoms with van der Waals surface area (Å²) in [6.45, 7) is 1.34. The maximum atomic E-state index is 5.57. The first kappa shape index (κ1) is 10.2. The van der Waals surface area contributed by atoms with Gasteiger partial charge >= 0.3 is 0 Å². The van der Waals surface area contributed by atoms with Gasteiger partial charge in [-0.2, -0.15) is 0 Å². The summed E-state index contributed by atoms with van der Waals surface area (Å²) >= 11 is 0. The van der Waals surface area contributed by atoms with Crippen LogP contribution in [0.2, 0.25) is 0 Å². The first-order valence-corrected chi connectivity index (χ1v) is 5.13. The van der Waals surface area contributed by atoms with Gasteiger partial charge in [-0.25, -0.2) is 0 Å². The second-order valence-corrected chi connectivity index (χ2v) is 3.67. The highest BCUT2D eigenvalue weighted by Crippen LogP contribution is 2.20. The van der Waals surface area contributed by atoms with E-state index in [1.807, 2.05) is 6.20 Å². The van der Waals surface area contributed by atoms with Crippen LogP contribution in [0.3, 0.4) is 0 Å². The Kier molecular flexibility index (Phi) is 3.04. The van der Waals surface area contributed by atoms with Crippen molar-refractivity contribution >= 4 is 10.9 Å². The number of nitrogens with two attached hydrogens (primary N) is 1. The number of aromatic nitrogens is 1. The molecule has 0 aliphatic rings. The van der Waals surface area contributed by atoms with Crippen molar-refractivity contribution in [3.05, 3.63) is 35.5 Å². The molecule has 0 saturated heterocycles. The van der Waals surface area contributed by atoms with E-state index in [-0.39, 0.29) is 0 Å². The predicted molar refractivity (Wildman–Crippen MR) is 61.8 cm³/mol. The number of H-pyrrole nitrogens is 1. The lowest BCUT2D eigenvalue weighted by atomic mass is 10.1. The van der Waals surface area contributed by atoms with Crippen molar-refractivity contribution in [1.82, 2.24) is 4.98 Å². The molecule has 0 atom stereocenters. The summed E-state index contributed by atoms with van der Waals surface area (Å²) in [7, 11) is 1.71. The van der Waals surface area contributed by atoms with Gasteiger partial charge in [-0.05, 0) is 36.2 Å². The van der Waals surface area contributed by atoms with E-state index >= 15 is 0 Å². The summed E-state index contributed by atoms with van der Waals surface area (Å²) in [5, 5.41) is 1.26. The fraction of sp³-hybridized carbons (Fsp3) is 0.333. The number of hydrogen-bond donors (Lipinski definition) is 2. The molecular weight excluding hydrogens is 188 g/mol. The lowest BCUT2D eigenvalue weighted by molar-refractivity contribution is 0.185. The van der Waals surface area contributed by atoms with Crippen LogP contribution in [0.25, 0.3) is 10.9 Å². The number of aromatic amines is 1. The Morgan fingerprint density at radius 3 is 3.00 bits per heavy atom. The van der Waals surface area contributed by atoms with E-state index in [1.54, 1.807) is 7.11 Å². The largest absolute Gasteiger partial charge is 0.380 e. The molecule has 0 radical (unpaired) electrons. The van der Waals surface area contributed by atoms with Crippen LogP contribution >= 0.6 is 0 Å². The zero-order valence-corrected chi connectivity index (χ0v) is 8.92. The molecule has 0 aliphatic heterocycles. The van der Waals surface area contributed by atoms with Crippen LogP contribution in [0.4, 0.5) is 0 Å². The number of hydrogen-bond acceptors (Lipinski definition) is 2. The van der Waals surface area contributed by atoms with Gasteiger partial charge in [-0.3, -0.25) is 0 Å². The van der Waals surface area contributed by atoms with Crippen LogP contribution < -0.4 is 5.73 Å². The third-order valence-corrected chi connectivity index (χ3v) is 2.56. The Labute approximate surface area is 89.2 Å². The van der Waals surface area contributed by atoms with E-state index in [2.05, 4.69) is 23.2 Å². The van der Waals surface area contributed by atoms with E-state index in [0.717, 1.165) is 6.42 Å². The van der Waals surface area contributed by atoms with Gasteiger partial charge in [-0.15, -0.1) is 0 Å². The quantitative estimate of drug-likeness (QED) is 0.798. The first-order chi connectivity index (χ1) is 7.35. The van der Waals surface area contributed by atoms with Crippen LogP contribution in [0.5, 0.6) is 0 Å². The van der Waals surface area contributed by atoms with E-state index in [0.29, 0.717) is 13.2 Å². The van der Waals surface area contributed by atoms with Gasteiger partial charge in [0, 0.05) is 24.2 Å². The fourth-order valence-corrected chi connectivity index (χ4v) is 1.84. The molecule has 15 heavy (non-hydrogen) atoms. The minimum Gasteiger partial charge on any atom is -0.380 e. The molecule has 0 unspecified atom stereocenters. The maximum Gasteiger partial charge on any atom is 0.0713 e. The normalized spacial score (nSPS) is 11.1. The van der Waals surface area contributed by atoms with Crippen molar-refractivity contribution in [3.63, 3.8) is 0 Å². The molecule has 0 fully saturated rings. The molecule has 1 heterocycles. The molecule has 2 rings (SSSR count). The van der Waals surface area contributed by atoms with Gasteiger partial charge in [-0.1, -0.05) is 6.07 Å². The monoisotopic (exact) mass is 204 g/mol. The molecule has 0 aliphatic carbocycles. The van der Waals surface area contributed by atoms with Gasteiger partial charge < -0.3 is 15.5 Å². The molecule has 1 aromatic heterocycles. The van der Waals surface area contributed by atoms with Gasteiger partial charge in [0.05, 0.1) is 6.61 Å². The lowest BCUT2D eigenvalue weighted by Gasteiger charge is -2.01. The molecule has 0 spiro atoms. The van der Waals surface area contributed by atoms with Crippen molar-refractivity contribution in [1.29, 1.82) is 0 Å². The predicted octanol–water partition coefficient (Wildman–Crippen LogP) is 1.82. The Balaban J connectivity index is 2.42. The van der Waals surface area contributed by atoms with Crippen molar-refractivity contribution < 1.29 is 4.74 Å². The van der Waals surface area contributed by atoms with Crippen molar-refractivity contribution in [2.45, 2.75) is 13.0 Å². The summed E-state index contributed by atoms with van der Waals surface area (Å²) < 4.78 is 5.12. The van der Waals surface area contributed by atoms with Crippen molar-refractivity contribution in [3.8, 4) is 0 Å². The van der Waals surface area contributed by atoms with E-state index in [9.17, 15) is 0 Å². The average molecular weight is 204 g/mol. The molecule has 3 nitrogen and oxygen atoms in total. The summed E-state index contributed by atoms with van der Waals surface area (Å²) in [5.74, 6) is 0. The number of methoxy groups -OCH3 is 1. The van der Waals surface area contributed by atoms with Crippen LogP contribution in [0.1, 0.15) is 11.1 Å². The van der Waals surface area contributed by atoms with E-state index < -0.39 is 0 Å². The van der Waals surface area contributed by atoms with Crippen LogP contribution in [-0.4, -0.2) is 18.6 Å². The fourth-order valence-electron chi connectivity index (χ4n) is 1.84. The number of fused-ring (bicyclic) bond motifs is 1. The van der Waals surface area contributed by atoms with Gasteiger partial charge in [0.15, 0.2) is 0 Å². The smallest absolute Gasteiger partial charge is 0.0713 e. The molecular formula is C12H16N2O. The minimum atomic E-state index is 0.656. The molecule has 0 amide bonds. The Bertz CT molecular complexity index is 448. The van der Waals surface area contributed by atoms with Crippen LogP contribution in [0.15, 0.2) is 24.4 Å². The van der Waals surface area contributed by atoms with E-state index in [1.165, 1.54) is 22.0 Å². The Morgan fingerprint density at radius 2 is 2.27 bits per heavy atom. The van der Waals surface area contributed by atoms with E-state index in [4.69, 9.17) is 10.5 Å². The molecule has 80 valence electrons. The highest BCUT2D eigenvalue weighted by Gasteiger charge is 2.03. The minimum absolute atomic E-state index is 0.656. The third kappa shape index (κ3) is 2.03.